The summed E-state index contributed by atoms with van der Waals surface area (Å²) in [7, 11) is 1.65. The van der Waals surface area contributed by atoms with Crippen molar-refractivity contribution < 1.29 is 4.79 Å². The molecule has 0 spiro atoms. The van der Waals surface area contributed by atoms with Crippen molar-refractivity contribution in [2.24, 2.45) is 7.05 Å². The average Bonchev–Trinajstić information content (AvgIpc) is 3.06. The van der Waals surface area contributed by atoms with Crippen molar-refractivity contribution in [3.8, 4) is 0 Å². The van der Waals surface area contributed by atoms with E-state index in [0.29, 0.717) is 22.3 Å². The molecule has 24 heavy (non-hydrogen) atoms. The Bertz CT molecular complexity index is 901. The van der Waals surface area contributed by atoms with Gasteiger partial charge in [0, 0.05) is 12.1 Å². The molecule has 0 aliphatic carbocycles. The first-order valence-corrected chi connectivity index (χ1v) is 7.84. The van der Waals surface area contributed by atoms with Crippen molar-refractivity contribution in [3.05, 3.63) is 57.6 Å². The van der Waals surface area contributed by atoms with Crippen molar-refractivity contribution in [2.45, 2.75) is 13.5 Å². The molecule has 1 N–H and O–H groups in total. The van der Waals surface area contributed by atoms with Crippen LogP contribution in [-0.2, 0) is 13.6 Å². The van der Waals surface area contributed by atoms with Crippen LogP contribution < -0.4 is 5.32 Å². The Hall–Kier alpha value is -2.38. The first kappa shape index (κ1) is 16.5. The van der Waals surface area contributed by atoms with Gasteiger partial charge in [-0.15, -0.1) is 5.10 Å². The molecule has 1 aromatic carbocycles. The van der Waals surface area contributed by atoms with E-state index < -0.39 is 5.91 Å². The Labute approximate surface area is 148 Å². The topological polar surface area (TPSA) is 77.6 Å². The molecule has 0 aliphatic heterocycles. The second kappa shape index (κ2) is 6.62. The lowest BCUT2D eigenvalue weighted by molar-refractivity contribution is 0.101. The summed E-state index contributed by atoms with van der Waals surface area (Å²) in [5.74, 6) is -0.236. The SMILES string of the molecule is Cc1nn(C)c(C(=O)Nc2ncn(Cc3ccccc3Cl)n2)c1Cl. The summed E-state index contributed by atoms with van der Waals surface area (Å²) in [6, 6.07) is 7.47. The fourth-order valence-corrected chi connectivity index (χ4v) is 2.71. The molecule has 0 atom stereocenters. The maximum atomic E-state index is 12.3. The molecule has 0 bridgehead atoms. The number of hydrogen-bond acceptors (Lipinski definition) is 4. The van der Waals surface area contributed by atoms with Crippen LogP contribution in [0.2, 0.25) is 10.0 Å². The van der Waals surface area contributed by atoms with Crippen molar-refractivity contribution in [1.29, 1.82) is 0 Å². The highest BCUT2D eigenvalue weighted by Crippen LogP contribution is 2.20. The fourth-order valence-electron chi connectivity index (χ4n) is 2.27. The van der Waals surface area contributed by atoms with E-state index in [9.17, 15) is 4.79 Å². The van der Waals surface area contributed by atoms with Gasteiger partial charge in [-0.2, -0.15) is 5.10 Å². The molecule has 0 unspecified atom stereocenters. The third kappa shape index (κ3) is 3.27. The lowest BCUT2D eigenvalue weighted by Crippen LogP contribution is -2.17. The Morgan fingerprint density at radius 2 is 2.00 bits per heavy atom. The van der Waals surface area contributed by atoms with Gasteiger partial charge in [0.2, 0.25) is 5.95 Å². The molecule has 3 aromatic rings. The zero-order chi connectivity index (χ0) is 17.3. The minimum absolute atomic E-state index is 0.182. The molecule has 0 aliphatic rings. The number of carbonyl (C=O) groups excluding carboxylic acids is 1. The van der Waals surface area contributed by atoms with E-state index in [1.54, 1.807) is 18.7 Å². The maximum absolute atomic E-state index is 12.3. The molecule has 0 saturated heterocycles. The minimum Gasteiger partial charge on any atom is -0.288 e. The number of aryl methyl sites for hydroxylation is 2. The zero-order valence-corrected chi connectivity index (χ0v) is 14.5. The molecule has 7 nitrogen and oxygen atoms in total. The van der Waals surface area contributed by atoms with Gasteiger partial charge in [-0.1, -0.05) is 41.4 Å². The van der Waals surface area contributed by atoms with Crippen LogP contribution in [-0.4, -0.2) is 30.5 Å². The lowest BCUT2D eigenvalue weighted by Gasteiger charge is -2.04. The van der Waals surface area contributed by atoms with Crippen LogP contribution in [0.5, 0.6) is 0 Å². The number of hydrogen-bond donors (Lipinski definition) is 1. The van der Waals surface area contributed by atoms with Crippen LogP contribution in [0.1, 0.15) is 21.7 Å². The van der Waals surface area contributed by atoms with Gasteiger partial charge in [-0.05, 0) is 18.6 Å². The normalized spacial score (nSPS) is 10.8. The minimum atomic E-state index is -0.418. The summed E-state index contributed by atoms with van der Waals surface area (Å²) in [5, 5.41) is 11.9. The Balaban J connectivity index is 1.74. The van der Waals surface area contributed by atoms with E-state index in [4.69, 9.17) is 23.2 Å². The number of nitrogens with one attached hydrogen (secondary N) is 1. The number of carbonyl (C=O) groups is 1. The van der Waals surface area contributed by atoms with Crippen LogP contribution >= 0.6 is 23.2 Å². The molecular weight excluding hydrogens is 351 g/mol. The predicted octanol–water partition coefficient (Wildman–Crippen LogP) is 2.93. The largest absolute Gasteiger partial charge is 0.288 e. The van der Waals surface area contributed by atoms with Crippen LogP contribution in [0, 0.1) is 6.92 Å². The smallest absolute Gasteiger partial charge is 0.277 e. The monoisotopic (exact) mass is 364 g/mol. The van der Waals surface area contributed by atoms with E-state index in [2.05, 4.69) is 20.5 Å². The van der Waals surface area contributed by atoms with E-state index in [0.717, 1.165) is 5.56 Å². The second-order valence-electron chi connectivity index (χ2n) is 5.18. The summed E-state index contributed by atoms with van der Waals surface area (Å²) < 4.78 is 3.01. The highest BCUT2D eigenvalue weighted by atomic mass is 35.5. The molecule has 0 fully saturated rings. The average molecular weight is 365 g/mol. The summed E-state index contributed by atoms with van der Waals surface area (Å²) in [4.78, 5) is 16.4. The standard InChI is InChI=1S/C15H14Cl2N6O/c1-9-12(17)13(22(2)20-9)14(24)19-15-18-8-23(21-15)7-10-5-3-4-6-11(10)16/h3-6,8H,7H2,1-2H3,(H,19,21,24). The molecule has 2 heterocycles. The van der Waals surface area contributed by atoms with Crippen LogP contribution in [0.25, 0.3) is 0 Å². The van der Waals surface area contributed by atoms with Gasteiger partial charge >= 0.3 is 0 Å². The molecule has 0 saturated carbocycles. The lowest BCUT2D eigenvalue weighted by atomic mass is 10.2. The van der Waals surface area contributed by atoms with Crippen molar-refractivity contribution in [3.63, 3.8) is 0 Å². The fraction of sp³-hybridized carbons (Fsp3) is 0.200. The second-order valence-corrected chi connectivity index (χ2v) is 5.97. The van der Waals surface area contributed by atoms with E-state index in [-0.39, 0.29) is 11.6 Å². The van der Waals surface area contributed by atoms with Crippen LogP contribution in [0.3, 0.4) is 0 Å². The molecule has 1 amide bonds. The maximum Gasteiger partial charge on any atom is 0.277 e. The van der Waals surface area contributed by atoms with Gasteiger partial charge in [0.1, 0.15) is 12.0 Å². The van der Waals surface area contributed by atoms with Crippen LogP contribution in [0.15, 0.2) is 30.6 Å². The van der Waals surface area contributed by atoms with Crippen LogP contribution in [0.4, 0.5) is 5.95 Å². The van der Waals surface area contributed by atoms with Gasteiger partial charge in [-0.25, -0.2) is 9.67 Å². The summed E-state index contributed by atoms with van der Waals surface area (Å²) in [6.45, 7) is 2.18. The molecular formula is C15H14Cl2N6O. The van der Waals surface area contributed by atoms with Gasteiger partial charge < -0.3 is 0 Å². The highest BCUT2D eigenvalue weighted by Gasteiger charge is 2.20. The number of anilines is 1. The number of nitrogens with zero attached hydrogens (tertiary/aromatic N) is 5. The number of aromatic nitrogens is 5. The molecule has 124 valence electrons. The predicted molar refractivity (Wildman–Crippen MR) is 91.5 cm³/mol. The molecule has 0 radical (unpaired) electrons. The number of benzene rings is 1. The van der Waals surface area contributed by atoms with E-state index in [1.165, 1.54) is 11.0 Å². The Morgan fingerprint density at radius 3 is 2.67 bits per heavy atom. The van der Waals surface area contributed by atoms with Gasteiger partial charge in [0.15, 0.2) is 0 Å². The summed E-state index contributed by atoms with van der Waals surface area (Å²) >= 11 is 12.2. The number of halogens is 2. The van der Waals surface area contributed by atoms with Gasteiger partial charge in [-0.3, -0.25) is 14.8 Å². The quantitative estimate of drug-likeness (QED) is 0.771. The Kier molecular flexibility index (Phi) is 4.55. The van der Waals surface area contributed by atoms with Gasteiger partial charge in [0.25, 0.3) is 5.91 Å². The number of amides is 1. The number of rotatable bonds is 4. The molecule has 9 heteroatoms. The van der Waals surface area contributed by atoms with Crippen molar-refractivity contribution >= 4 is 35.1 Å². The molecule has 3 rings (SSSR count). The summed E-state index contributed by atoms with van der Waals surface area (Å²) in [6.07, 6.45) is 1.52. The first-order valence-electron chi connectivity index (χ1n) is 7.09. The molecule has 2 aromatic heterocycles. The van der Waals surface area contributed by atoms with Gasteiger partial charge in [0.05, 0.1) is 17.3 Å². The van der Waals surface area contributed by atoms with E-state index in [1.807, 2.05) is 24.3 Å². The first-order chi connectivity index (χ1) is 11.5. The Morgan fingerprint density at radius 1 is 1.25 bits per heavy atom. The van der Waals surface area contributed by atoms with Crippen molar-refractivity contribution in [2.75, 3.05) is 5.32 Å². The third-order valence-electron chi connectivity index (χ3n) is 3.42. The van der Waals surface area contributed by atoms with E-state index >= 15 is 0 Å². The van der Waals surface area contributed by atoms with Crippen molar-refractivity contribution in [1.82, 2.24) is 24.5 Å². The zero-order valence-electron chi connectivity index (χ0n) is 13.0. The summed E-state index contributed by atoms with van der Waals surface area (Å²) in [5.41, 5.74) is 1.75. The third-order valence-corrected chi connectivity index (χ3v) is 4.24. The highest BCUT2D eigenvalue weighted by molar-refractivity contribution is 6.34.